The second-order valence-corrected chi connectivity index (χ2v) is 7.49. The lowest BCUT2D eigenvalue weighted by Gasteiger charge is -2.14. The molecule has 0 fully saturated rings. The summed E-state index contributed by atoms with van der Waals surface area (Å²) in [4.78, 5) is 0.953. The van der Waals surface area contributed by atoms with Crippen molar-refractivity contribution >= 4 is 37.3 Å². The van der Waals surface area contributed by atoms with Crippen molar-refractivity contribution in [3.8, 4) is 0 Å². The number of aliphatic hydroxyl groups is 1. The van der Waals surface area contributed by atoms with Gasteiger partial charge in [-0.25, -0.2) is 13.1 Å². The Hall–Kier alpha value is -0.670. The molecule has 0 radical (unpaired) electrons. The molecule has 1 unspecified atom stereocenters. The van der Waals surface area contributed by atoms with Crippen molar-refractivity contribution in [3.05, 3.63) is 38.9 Å². The van der Waals surface area contributed by atoms with Crippen molar-refractivity contribution < 1.29 is 17.9 Å². The molecule has 20 heavy (non-hydrogen) atoms. The van der Waals surface area contributed by atoms with Gasteiger partial charge in [0, 0.05) is 10.9 Å². The van der Waals surface area contributed by atoms with Crippen LogP contribution in [0.3, 0.4) is 0 Å². The SMILES string of the molecule is CCC(NS(=O)(=O)c1cc(CO)oc1Br)c1cccs1. The molecule has 110 valence electrons. The monoisotopic (exact) mass is 379 g/mol. The van der Waals surface area contributed by atoms with Gasteiger partial charge in [-0.3, -0.25) is 0 Å². The largest absolute Gasteiger partial charge is 0.450 e. The van der Waals surface area contributed by atoms with E-state index in [-0.39, 0.29) is 28.0 Å². The second-order valence-electron chi connectivity index (χ2n) is 4.11. The third kappa shape index (κ3) is 3.32. The summed E-state index contributed by atoms with van der Waals surface area (Å²) in [5.74, 6) is 0.196. The highest BCUT2D eigenvalue weighted by Gasteiger charge is 2.26. The summed E-state index contributed by atoms with van der Waals surface area (Å²) in [6.07, 6.45) is 0.641. The molecule has 1 atom stereocenters. The summed E-state index contributed by atoms with van der Waals surface area (Å²) in [6, 6.07) is 4.81. The first-order valence-electron chi connectivity index (χ1n) is 5.92. The molecule has 0 aliphatic rings. The van der Waals surface area contributed by atoms with Gasteiger partial charge >= 0.3 is 0 Å². The third-order valence-corrected chi connectivity index (χ3v) is 6.06. The van der Waals surface area contributed by atoms with E-state index in [2.05, 4.69) is 20.7 Å². The minimum atomic E-state index is -3.71. The Labute approximate surface area is 129 Å². The van der Waals surface area contributed by atoms with Crippen LogP contribution in [0.15, 0.2) is 37.6 Å². The second kappa shape index (κ2) is 6.40. The summed E-state index contributed by atoms with van der Waals surface area (Å²) in [5.41, 5.74) is 0. The molecule has 0 aromatic carbocycles. The van der Waals surface area contributed by atoms with E-state index in [9.17, 15) is 8.42 Å². The smallest absolute Gasteiger partial charge is 0.245 e. The number of halogens is 1. The molecule has 0 aliphatic carbocycles. The van der Waals surface area contributed by atoms with E-state index in [1.54, 1.807) is 0 Å². The zero-order chi connectivity index (χ0) is 14.8. The molecule has 0 saturated heterocycles. The van der Waals surface area contributed by atoms with E-state index in [0.717, 1.165) is 4.88 Å². The van der Waals surface area contributed by atoms with Crippen molar-refractivity contribution in [2.24, 2.45) is 0 Å². The molecule has 2 aromatic rings. The van der Waals surface area contributed by atoms with Gasteiger partial charge in [0.2, 0.25) is 10.0 Å². The Bertz CT molecular complexity index is 664. The van der Waals surface area contributed by atoms with Crippen molar-refractivity contribution in [1.29, 1.82) is 0 Å². The molecule has 2 N–H and O–H groups in total. The Balaban J connectivity index is 2.28. The Morgan fingerprint density at radius 3 is 2.80 bits per heavy atom. The Kier molecular flexibility index (Phi) is 5.03. The summed E-state index contributed by atoms with van der Waals surface area (Å²) < 4.78 is 32.6. The number of sulfonamides is 1. The number of rotatable bonds is 6. The molecule has 0 aliphatic heterocycles. The van der Waals surface area contributed by atoms with Crippen LogP contribution in [0.4, 0.5) is 0 Å². The van der Waals surface area contributed by atoms with Gasteiger partial charge in [-0.05, 0) is 33.8 Å². The minimum Gasteiger partial charge on any atom is -0.450 e. The zero-order valence-electron chi connectivity index (χ0n) is 10.7. The quantitative estimate of drug-likeness (QED) is 0.808. The van der Waals surface area contributed by atoms with Crippen molar-refractivity contribution in [1.82, 2.24) is 4.72 Å². The fourth-order valence-electron chi connectivity index (χ4n) is 1.74. The van der Waals surface area contributed by atoms with Gasteiger partial charge in [0.15, 0.2) is 4.67 Å². The molecule has 0 amide bonds. The highest BCUT2D eigenvalue weighted by molar-refractivity contribution is 9.10. The summed E-state index contributed by atoms with van der Waals surface area (Å²) in [7, 11) is -3.71. The molecule has 0 bridgehead atoms. The molecule has 0 spiro atoms. The molecule has 2 aromatic heterocycles. The minimum absolute atomic E-state index is 0.00319. The number of hydrogen-bond acceptors (Lipinski definition) is 5. The highest BCUT2D eigenvalue weighted by atomic mass is 79.9. The Morgan fingerprint density at radius 1 is 1.55 bits per heavy atom. The lowest BCUT2D eigenvalue weighted by atomic mass is 10.2. The van der Waals surface area contributed by atoms with Gasteiger partial charge < -0.3 is 9.52 Å². The molecular weight excluding hydrogens is 366 g/mol. The van der Waals surface area contributed by atoms with Crippen LogP contribution in [-0.2, 0) is 16.6 Å². The average molecular weight is 380 g/mol. The highest BCUT2D eigenvalue weighted by Crippen LogP contribution is 2.29. The molecular formula is C12H14BrNO4S2. The zero-order valence-corrected chi connectivity index (χ0v) is 13.9. The number of nitrogens with one attached hydrogen (secondary N) is 1. The predicted molar refractivity (Wildman–Crippen MR) is 80.0 cm³/mol. The molecule has 5 nitrogen and oxygen atoms in total. The van der Waals surface area contributed by atoms with Crippen LogP contribution in [0.25, 0.3) is 0 Å². The number of hydrogen-bond donors (Lipinski definition) is 2. The standard InChI is InChI=1S/C12H14BrNO4S2/c1-2-9(10-4-3-5-19-10)14-20(16,17)11-6-8(7-15)18-12(11)13/h3-6,9,14-15H,2,7H2,1H3. The van der Waals surface area contributed by atoms with Crippen LogP contribution < -0.4 is 4.72 Å². The molecule has 2 rings (SSSR count). The first-order chi connectivity index (χ1) is 9.47. The summed E-state index contributed by atoms with van der Waals surface area (Å²) >= 11 is 4.56. The maximum absolute atomic E-state index is 12.4. The van der Waals surface area contributed by atoms with Gasteiger partial charge in [0.05, 0.1) is 6.04 Å². The van der Waals surface area contributed by atoms with Crippen LogP contribution >= 0.6 is 27.3 Å². The van der Waals surface area contributed by atoms with E-state index in [1.807, 2.05) is 24.4 Å². The lowest BCUT2D eigenvalue weighted by molar-refractivity contribution is 0.245. The van der Waals surface area contributed by atoms with E-state index in [4.69, 9.17) is 9.52 Å². The van der Waals surface area contributed by atoms with Gasteiger partial charge in [-0.1, -0.05) is 13.0 Å². The maximum Gasteiger partial charge on any atom is 0.245 e. The van der Waals surface area contributed by atoms with Crippen LogP contribution in [0.1, 0.15) is 30.0 Å². The van der Waals surface area contributed by atoms with Crippen LogP contribution in [0.5, 0.6) is 0 Å². The number of thiophene rings is 1. The van der Waals surface area contributed by atoms with Gasteiger partial charge in [-0.15, -0.1) is 11.3 Å². The first-order valence-corrected chi connectivity index (χ1v) is 9.08. The van der Waals surface area contributed by atoms with Crippen LogP contribution in [0.2, 0.25) is 0 Å². The Morgan fingerprint density at radius 2 is 2.30 bits per heavy atom. The molecule has 0 saturated carbocycles. The van der Waals surface area contributed by atoms with E-state index in [0.29, 0.717) is 6.42 Å². The summed E-state index contributed by atoms with van der Waals surface area (Å²) in [6.45, 7) is 1.56. The fourth-order valence-corrected chi connectivity index (χ4v) is 4.97. The third-order valence-electron chi connectivity index (χ3n) is 2.74. The number of aliphatic hydroxyl groups excluding tert-OH is 1. The number of furan rings is 1. The van der Waals surface area contributed by atoms with E-state index < -0.39 is 10.0 Å². The first kappa shape index (κ1) is 15.7. The van der Waals surface area contributed by atoms with Gasteiger partial charge in [-0.2, -0.15) is 0 Å². The van der Waals surface area contributed by atoms with Crippen molar-refractivity contribution in [2.75, 3.05) is 0 Å². The van der Waals surface area contributed by atoms with E-state index in [1.165, 1.54) is 17.4 Å². The van der Waals surface area contributed by atoms with Gasteiger partial charge in [0.25, 0.3) is 0 Å². The van der Waals surface area contributed by atoms with Gasteiger partial charge in [0.1, 0.15) is 17.3 Å². The van der Waals surface area contributed by atoms with Crippen molar-refractivity contribution in [2.45, 2.75) is 30.9 Å². The van der Waals surface area contributed by atoms with E-state index >= 15 is 0 Å². The normalized spacial score (nSPS) is 13.6. The molecule has 2 heterocycles. The summed E-state index contributed by atoms with van der Waals surface area (Å²) in [5, 5.41) is 10.9. The van der Waals surface area contributed by atoms with Crippen LogP contribution in [0, 0.1) is 0 Å². The van der Waals surface area contributed by atoms with Crippen molar-refractivity contribution in [3.63, 3.8) is 0 Å². The molecule has 8 heteroatoms. The lowest BCUT2D eigenvalue weighted by Crippen LogP contribution is -2.27. The van der Waals surface area contributed by atoms with Crippen LogP contribution in [-0.4, -0.2) is 13.5 Å². The predicted octanol–water partition coefficient (Wildman–Crippen LogP) is 3.03. The fraction of sp³-hybridized carbons (Fsp3) is 0.333. The maximum atomic E-state index is 12.4. The topological polar surface area (TPSA) is 79.5 Å². The average Bonchev–Trinajstić information content (AvgIpc) is 3.05.